The standard InChI is InChI=1S/C24H27N3O5/c1-16(18-10-6-8-17-7-2-3-9-19(17)18)25-20(28)15-32-21(29)11-14-27-22(30)24(26-23(27)31)12-4-5-13-24/h2-3,6-10,16H,4-5,11-15H2,1H3,(H,25,28)(H,26,31). The lowest BCUT2D eigenvalue weighted by atomic mass is 9.98. The van der Waals surface area contributed by atoms with Crippen molar-refractivity contribution in [3.05, 3.63) is 48.0 Å². The van der Waals surface area contributed by atoms with E-state index < -0.39 is 30.1 Å². The van der Waals surface area contributed by atoms with Crippen LogP contribution < -0.4 is 10.6 Å². The zero-order chi connectivity index (χ0) is 22.7. The third-order valence-electron chi connectivity index (χ3n) is 6.27. The molecule has 4 rings (SSSR count). The fourth-order valence-corrected chi connectivity index (χ4v) is 4.61. The van der Waals surface area contributed by atoms with Gasteiger partial charge >= 0.3 is 12.0 Å². The van der Waals surface area contributed by atoms with E-state index in [1.165, 1.54) is 0 Å². The molecular formula is C24H27N3O5. The van der Waals surface area contributed by atoms with Crippen molar-refractivity contribution in [2.24, 2.45) is 0 Å². The minimum Gasteiger partial charge on any atom is -0.456 e. The summed E-state index contributed by atoms with van der Waals surface area (Å²) in [5.41, 5.74) is 0.181. The summed E-state index contributed by atoms with van der Waals surface area (Å²) < 4.78 is 5.05. The molecule has 1 heterocycles. The molecule has 0 bridgehead atoms. The highest BCUT2D eigenvalue weighted by Gasteiger charge is 2.52. The number of carbonyl (C=O) groups is 4. The molecule has 1 saturated heterocycles. The maximum Gasteiger partial charge on any atom is 0.325 e. The van der Waals surface area contributed by atoms with Crippen molar-refractivity contribution in [3.8, 4) is 0 Å². The summed E-state index contributed by atoms with van der Waals surface area (Å²) in [6, 6.07) is 13.1. The topological polar surface area (TPSA) is 105 Å². The van der Waals surface area contributed by atoms with Crippen LogP contribution in [0.2, 0.25) is 0 Å². The summed E-state index contributed by atoms with van der Waals surface area (Å²) in [5.74, 6) is -1.32. The van der Waals surface area contributed by atoms with E-state index >= 15 is 0 Å². The van der Waals surface area contributed by atoms with Crippen LogP contribution in [0, 0.1) is 0 Å². The van der Waals surface area contributed by atoms with Crippen LogP contribution in [0.5, 0.6) is 0 Å². The second-order valence-electron chi connectivity index (χ2n) is 8.44. The molecule has 4 amide bonds. The number of hydrogen-bond donors (Lipinski definition) is 2. The van der Waals surface area contributed by atoms with E-state index in [2.05, 4.69) is 10.6 Å². The van der Waals surface area contributed by atoms with E-state index in [1.807, 2.05) is 49.4 Å². The highest BCUT2D eigenvalue weighted by atomic mass is 16.5. The van der Waals surface area contributed by atoms with Crippen LogP contribution in [-0.2, 0) is 19.1 Å². The highest BCUT2D eigenvalue weighted by molar-refractivity contribution is 6.07. The van der Waals surface area contributed by atoms with Crippen molar-refractivity contribution in [2.75, 3.05) is 13.2 Å². The predicted octanol–water partition coefficient (Wildman–Crippen LogP) is 2.81. The van der Waals surface area contributed by atoms with Gasteiger partial charge in [0.15, 0.2) is 6.61 Å². The first-order valence-corrected chi connectivity index (χ1v) is 11.0. The first-order chi connectivity index (χ1) is 15.4. The van der Waals surface area contributed by atoms with Gasteiger partial charge in [-0.2, -0.15) is 0 Å². The molecule has 2 fully saturated rings. The minimum absolute atomic E-state index is 0.0563. The molecule has 0 radical (unpaired) electrons. The monoisotopic (exact) mass is 437 g/mol. The summed E-state index contributed by atoms with van der Waals surface area (Å²) in [4.78, 5) is 50.2. The maximum absolute atomic E-state index is 12.6. The normalized spacial score (nSPS) is 18.1. The van der Waals surface area contributed by atoms with E-state index in [0.717, 1.165) is 34.1 Å². The molecule has 2 aromatic carbocycles. The molecule has 8 nitrogen and oxygen atoms in total. The lowest BCUT2D eigenvalue weighted by Crippen LogP contribution is -2.44. The van der Waals surface area contributed by atoms with Crippen LogP contribution >= 0.6 is 0 Å². The Balaban J connectivity index is 1.25. The smallest absolute Gasteiger partial charge is 0.325 e. The van der Waals surface area contributed by atoms with E-state index in [9.17, 15) is 19.2 Å². The number of nitrogens with one attached hydrogen (secondary N) is 2. The number of ether oxygens (including phenoxy) is 1. The summed E-state index contributed by atoms with van der Waals surface area (Å²) >= 11 is 0. The molecule has 0 aromatic heterocycles. The summed E-state index contributed by atoms with van der Waals surface area (Å²) in [6.45, 7) is 1.40. The Kier molecular flexibility index (Phi) is 6.12. The fraction of sp³-hybridized carbons (Fsp3) is 0.417. The average Bonchev–Trinajstić information content (AvgIpc) is 3.35. The van der Waals surface area contributed by atoms with Gasteiger partial charge in [0, 0.05) is 6.54 Å². The maximum atomic E-state index is 12.6. The molecule has 1 unspecified atom stereocenters. The van der Waals surface area contributed by atoms with Gasteiger partial charge in [-0.3, -0.25) is 19.3 Å². The van der Waals surface area contributed by atoms with Gasteiger partial charge in [-0.05, 0) is 36.1 Å². The Hall–Kier alpha value is -3.42. The predicted molar refractivity (Wildman–Crippen MR) is 118 cm³/mol. The molecule has 2 N–H and O–H groups in total. The highest BCUT2D eigenvalue weighted by Crippen LogP contribution is 2.35. The molecule has 8 heteroatoms. The van der Waals surface area contributed by atoms with E-state index in [0.29, 0.717) is 12.8 Å². The molecule has 1 aliphatic heterocycles. The van der Waals surface area contributed by atoms with E-state index in [-0.39, 0.29) is 24.9 Å². The molecule has 2 aliphatic rings. The Labute approximate surface area is 186 Å². The lowest BCUT2D eigenvalue weighted by Gasteiger charge is -2.19. The van der Waals surface area contributed by atoms with E-state index in [1.54, 1.807) is 0 Å². The molecule has 1 spiro atoms. The van der Waals surface area contributed by atoms with Crippen LogP contribution in [0.4, 0.5) is 4.79 Å². The van der Waals surface area contributed by atoms with Gasteiger partial charge in [0.25, 0.3) is 11.8 Å². The first-order valence-electron chi connectivity index (χ1n) is 11.0. The minimum atomic E-state index is -0.793. The molecule has 32 heavy (non-hydrogen) atoms. The number of hydrogen-bond acceptors (Lipinski definition) is 5. The van der Waals surface area contributed by atoms with Crippen LogP contribution in [0.1, 0.15) is 50.6 Å². The number of esters is 1. The number of amides is 4. The Morgan fingerprint density at radius 1 is 1.12 bits per heavy atom. The van der Waals surface area contributed by atoms with Gasteiger partial charge in [-0.15, -0.1) is 0 Å². The van der Waals surface area contributed by atoms with Crippen LogP contribution in [-0.4, -0.2) is 47.4 Å². The number of nitrogens with zero attached hydrogens (tertiary/aromatic N) is 1. The quantitative estimate of drug-likeness (QED) is 0.512. The average molecular weight is 437 g/mol. The number of carbonyl (C=O) groups excluding carboxylic acids is 4. The van der Waals surface area contributed by atoms with Crippen LogP contribution in [0.25, 0.3) is 10.8 Å². The third-order valence-corrected chi connectivity index (χ3v) is 6.27. The Morgan fingerprint density at radius 3 is 2.62 bits per heavy atom. The second kappa shape index (κ2) is 8.98. The number of imide groups is 1. The van der Waals surface area contributed by atoms with Crippen molar-refractivity contribution in [1.82, 2.24) is 15.5 Å². The van der Waals surface area contributed by atoms with Crippen molar-refractivity contribution < 1.29 is 23.9 Å². The zero-order valence-corrected chi connectivity index (χ0v) is 18.1. The number of benzene rings is 2. The van der Waals surface area contributed by atoms with E-state index in [4.69, 9.17) is 4.74 Å². The summed E-state index contributed by atoms with van der Waals surface area (Å²) in [6.07, 6.45) is 2.91. The number of fused-ring (bicyclic) bond motifs is 1. The SMILES string of the molecule is CC(NC(=O)COC(=O)CCN1C(=O)NC2(CCCC2)C1=O)c1cccc2ccccc12. The van der Waals surface area contributed by atoms with Crippen molar-refractivity contribution in [2.45, 2.75) is 50.6 Å². The van der Waals surface area contributed by atoms with Gasteiger partial charge in [0.1, 0.15) is 5.54 Å². The Morgan fingerprint density at radius 2 is 1.84 bits per heavy atom. The molecule has 1 saturated carbocycles. The summed E-state index contributed by atoms with van der Waals surface area (Å²) in [5, 5.41) is 7.75. The largest absolute Gasteiger partial charge is 0.456 e. The van der Waals surface area contributed by atoms with Crippen molar-refractivity contribution in [1.29, 1.82) is 0 Å². The second-order valence-corrected chi connectivity index (χ2v) is 8.44. The summed E-state index contributed by atoms with van der Waals surface area (Å²) in [7, 11) is 0. The van der Waals surface area contributed by atoms with Gasteiger partial charge in [-0.25, -0.2) is 4.79 Å². The molecular weight excluding hydrogens is 410 g/mol. The first kappa shape index (κ1) is 21.8. The van der Waals surface area contributed by atoms with Gasteiger partial charge in [0.05, 0.1) is 12.5 Å². The number of rotatable bonds is 7. The fourth-order valence-electron chi connectivity index (χ4n) is 4.61. The Bertz CT molecular complexity index is 1060. The molecule has 1 atom stereocenters. The lowest BCUT2D eigenvalue weighted by molar-refractivity contribution is -0.149. The molecule has 168 valence electrons. The van der Waals surface area contributed by atoms with Crippen molar-refractivity contribution in [3.63, 3.8) is 0 Å². The molecule has 1 aliphatic carbocycles. The van der Waals surface area contributed by atoms with Crippen molar-refractivity contribution >= 4 is 34.6 Å². The van der Waals surface area contributed by atoms with Gasteiger partial charge < -0.3 is 15.4 Å². The number of urea groups is 1. The van der Waals surface area contributed by atoms with Crippen LogP contribution in [0.3, 0.4) is 0 Å². The zero-order valence-electron chi connectivity index (χ0n) is 18.1. The third kappa shape index (κ3) is 4.30. The molecule has 2 aromatic rings. The van der Waals surface area contributed by atoms with Crippen LogP contribution in [0.15, 0.2) is 42.5 Å². The van der Waals surface area contributed by atoms with Gasteiger partial charge in [-0.1, -0.05) is 55.3 Å². The van der Waals surface area contributed by atoms with Gasteiger partial charge in [0.2, 0.25) is 0 Å².